The van der Waals surface area contributed by atoms with Crippen molar-refractivity contribution in [3.05, 3.63) is 0 Å². The molecule has 6 heteroatoms. The molecule has 0 bridgehead atoms. The molecule has 2 fully saturated rings. The number of rotatable bonds is 2. The summed E-state index contributed by atoms with van der Waals surface area (Å²) in [6.07, 6.45) is 3.29. The molecule has 0 aromatic carbocycles. The molecule has 1 N–H and O–H groups in total. The van der Waals surface area contributed by atoms with Crippen LogP contribution in [0.1, 0.15) is 19.3 Å². The summed E-state index contributed by atoms with van der Waals surface area (Å²) >= 11 is 1.75. The van der Waals surface area contributed by atoms with Crippen molar-refractivity contribution >= 4 is 23.6 Å². The Hall–Kier alpha value is -0.750. The first-order valence-electron chi connectivity index (χ1n) is 6.95. The van der Waals surface area contributed by atoms with Gasteiger partial charge in [-0.05, 0) is 18.6 Å². The molecular weight excluding hydrogens is 262 g/mol. The molecule has 108 valence electrons. The minimum Gasteiger partial charge on any atom is -0.347 e. The lowest BCUT2D eigenvalue weighted by molar-refractivity contribution is -0.145. The second-order valence-electron chi connectivity index (χ2n) is 5.34. The quantitative estimate of drug-likeness (QED) is 0.785. The summed E-state index contributed by atoms with van der Waals surface area (Å²) < 4.78 is 0. The molecule has 0 aromatic heterocycles. The normalized spacial score (nSPS) is 28.0. The third-order valence-electron chi connectivity index (χ3n) is 3.71. The fraction of sp³-hybridized carbons (Fsp3) is 0.846. The Kier molecular flexibility index (Phi) is 5.10. The molecule has 2 aliphatic heterocycles. The van der Waals surface area contributed by atoms with Crippen LogP contribution in [-0.2, 0) is 9.59 Å². The molecule has 0 saturated carbocycles. The molecule has 0 spiro atoms. The Morgan fingerprint density at radius 2 is 2.11 bits per heavy atom. The van der Waals surface area contributed by atoms with Crippen LogP contribution in [0, 0.1) is 0 Å². The topological polar surface area (TPSA) is 52.7 Å². The van der Waals surface area contributed by atoms with Crippen molar-refractivity contribution < 1.29 is 9.59 Å². The lowest BCUT2D eigenvalue weighted by Crippen LogP contribution is -2.60. The molecule has 2 heterocycles. The molecule has 2 rings (SSSR count). The van der Waals surface area contributed by atoms with Crippen molar-refractivity contribution in [2.45, 2.75) is 30.6 Å². The number of carbonyl (C=O) groups is 2. The van der Waals surface area contributed by atoms with E-state index in [-0.39, 0.29) is 23.1 Å². The van der Waals surface area contributed by atoms with Crippen LogP contribution in [0.4, 0.5) is 0 Å². The summed E-state index contributed by atoms with van der Waals surface area (Å²) in [5.74, 6) is 1.24. The molecular formula is C13H23N3O2S. The third kappa shape index (κ3) is 3.42. The van der Waals surface area contributed by atoms with Gasteiger partial charge in [0.05, 0.1) is 5.25 Å². The van der Waals surface area contributed by atoms with Gasteiger partial charge in [-0.2, -0.15) is 0 Å². The van der Waals surface area contributed by atoms with E-state index in [1.807, 2.05) is 0 Å². The summed E-state index contributed by atoms with van der Waals surface area (Å²) in [6, 6.07) is -0.334. The first-order valence-corrected chi connectivity index (χ1v) is 8.00. The fourth-order valence-corrected chi connectivity index (χ4v) is 3.87. The minimum atomic E-state index is -0.334. The van der Waals surface area contributed by atoms with Crippen molar-refractivity contribution in [3.63, 3.8) is 0 Å². The van der Waals surface area contributed by atoms with Crippen LogP contribution in [0.3, 0.4) is 0 Å². The lowest BCUT2D eigenvalue weighted by Gasteiger charge is -2.38. The zero-order chi connectivity index (χ0) is 13.8. The van der Waals surface area contributed by atoms with Crippen LogP contribution in [-0.4, -0.2) is 72.4 Å². The molecule has 2 saturated heterocycles. The maximum atomic E-state index is 12.6. The highest BCUT2D eigenvalue weighted by Gasteiger charge is 2.36. The maximum absolute atomic E-state index is 12.6. The van der Waals surface area contributed by atoms with E-state index in [9.17, 15) is 9.59 Å². The van der Waals surface area contributed by atoms with Gasteiger partial charge in [-0.25, -0.2) is 0 Å². The summed E-state index contributed by atoms with van der Waals surface area (Å²) in [4.78, 5) is 28.1. The summed E-state index contributed by atoms with van der Waals surface area (Å²) in [6.45, 7) is 1.99. The van der Waals surface area contributed by atoms with Crippen LogP contribution < -0.4 is 5.32 Å². The summed E-state index contributed by atoms with van der Waals surface area (Å²) in [5, 5.41) is 3.27. The van der Waals surface area contributed by atoms with Gasteiger partial charge in [0.1, 0.15) is 6.04 Å². The van der Waals surface area contributed by atoms with E-state index in [1.54, 1.807) is 35.7 Å². The van der Waals surface area contributed by atoms with Gasteiger partial charge in [-0.3, -0.25) is 9.59 Å². The molecule has 5 nitrogen and oxygen atoms in total. The van der Waals surface area contributed by atoms with E-state index in [2.05, 4.69) is 5.32 Å². The van der Waals surface area contributed by atoms with Crippen LogP contribution in [0.15, 0.2) is 0 Å². The monoisotopic (exact) mass is 285 g/mol. The Morgan fingerprint density at radius 3 is 2.74 bits per heavy atom. The van der Waals surface area contributed by atoms with Gasteiger partial charge in [0.15, 0.2) is 0 Å². The van der Waals surface area contributed by atoms with Crippen LogP contribution >= 0.6 is 11.8 Å². The van der Waals surface area contributed by atoms with Gasteiger partial charge in [0.2, 0.25) is 11.8 Å². The number of amides is 2. The number of thioether (sulfide) groups is 1. The highest BCUT2D eigenvalue weighted by Crippen LogP contribution is 2.27. The molecule has 2 atom stereocenters. The fourth-order valence-electron chi connectivity index (χ4n) is 2.61. The van der Waals surface area contributed by atoms with Gasteiger partial charge < -0.3 is 15.1 Å². The van der Waals surface area contributed by atoms with E-state index >= 15 is 0 Å². The molecule has 0 aromatic rings. The smallest absolute Gasteiger partial charge is 0.246 e. The largest absolute Gasteiger partial charge is 0.347 e. The zero-order valence-electron chi connectivity index (χ0n) is 11.7. The number of hydrogen-bond acceptors (Lipinski definition) is 4. The zero-order valence-corrected chi connectivity index (χ0v) is 12.5. The van der Waals surface area contributed by atoms with Crippen LogP contribution in [0.25, 0.3) is 0 Å². The van der Waals surface area contributed by atoms with E-state index in [0.717, 1.165) is 25.1 Å². The molecule has 2 unspecified atom stereocenters. The Morgan fingerprint density at radius 1 is 1.32 bits per heavy atom. The van der Waals surface area contributed by atoms with E-state index in [0.29, 0.717) is 13.1 Å². The van der Waals surface area contributed by atoms with Crippen molar-refractivity contribution in [2.75, 3.05) is 39.5 Å². The Labute approximate surface area is 119 Å². The second-order valence-corrected chi connectivity index (χ2v) is 6.65. The van der Waals surface area contributed by atoms with Crippen molar-refractivity contribution in [1.29, 1.82) is 0 Å². The van der Waals surface area contributed by atoms with Gasteiger partial charge in [0.25, 0.3) is 0 Å². The second kappa shape index (κ2) is 6.61. The van der Waals surface area contributed by atoms with E-state index < -0.39 is 0 Å². The van der Waals surface area contributed by atoms with Crippen molar-refractivity contribution in [1.82, 2.24) is 15.1 Å². The molecule has 0 radical (unpaired) electrons. The number of carbonyl (C=O) groups excluding carboxylic acids is 2. The van der Waals surface area contributed by atoms with E-state index in [1.165, 1.54) is 6.42 Å². The molecule has 2 aliphatic rings. The molecule has 0 aliphatic carbocycles. The average Bonchev–Trinajstić information content (AvgIpc) is 2.46. The van der Waals surface area contributed by atoms with E-state index in [4.69, 9.17) is 0 Å². The summed E-state index contributed by atoms with van der Waals surface area (Å²) in [5.41, 5.74) is 0. The van der Waals surface area contributed by atoms with Gasteiger partial charge in [-0.15, -0.1) is 11.8 Å². The van der Waals surface area contributed by atoms with Gasteiger partial charge >= 0.3 is 0 Å². The van der Waals surface area contributed by atoms with Gasteiger partial charge in [0, 0.05) is 33.7 Å². The Bertz CT molecular complexity index is 343. The first kappa shape index (κ1) is 14.7. The molecule has 19 heavy (non-hydrogen) atoms. The number of likely N-dealkylation sites (N-methyl/N-ethyl adjacent to an activating group) is 1. The van der Waals surface area contributed by atoms with Gasteiger partial charge in [-0.1, -0.05) is 6.42 Å². The number of piperazine rings is 1. The number of nitrogens with one attached hydrogen (secondary N) is 1. The Balaban J connectivity index is 2.05. The lowest BCUT2D eigenvalue weighted by atomic mass is 10.1. The maximum Gasteiger partial charge on any atom is 0.246 e. The number of hydrogen-bond donors (Lipinski definition) is 1. The standard InChI is InChI=1S/C13H23N3O2S/c1-15(2)12(17)10-9-14-6-7-16(10)13(18)11-5-3-4-8-19-11/h10-11,14H,3-9H2,1-2H3. The highest BCUT2D eigenvalue weighted by atomic mass is 32.2. The number of nitrogens with zero attached hydrogens (tertiary/aromatic N) is 2. The SMILES string of the molecule is CN(C)C(=O)C1CNCCN1C(=O)C1CCCCS1. The predicted octanol–water partition coefficient (Wildman–Crippen LogP) is 0.161. The minimum absolute atomic E-state index is 0.0151. The first-order chi connectivity index (χ1) is 9.11. The summed E-state index contributed by atoms with van der Waals surface area (Å²) in [7, 11) is 3.49. The van der Waals surface area contributed by atoms with Crippen LogP contribution in [0.2, 0.25) is 0 Å². The average molecular weight is 285 g/mol. The molecule has 2 amide bonds. The highest BCUT2D eigenvalue weighted by molar-refractivity contribution is 8.00. The third-order valence-corrected chi connectivity index (χ3v) is 5.07. The van der Waals surface area contributed by atoms with Crippen molar-refractivity contribution in [3.8, 4) is 0 Å². The van der Waals surface area contributed by atoms with Crippen molar-refractivity contribution in [2.24, 2.45) is 0 Å². The van der Waals surface area contributed by atoms with Crippen LogP contribution in [0.5, 0.6) is 0 Å². The predicted molar refractivity (Wildman–Crippen MR) is 77.2 cm³/mol.